The van der Waals surface area contributed by atoms with Gasteiger partial charge in [-0.05, 0) is 37.6 Å². The van der Waals surface area contributed by atoms with Crippen molar-refractivity contribution in [3.63, 3.8) is 0 Å². The summed E-state index contributed by atoms with van der Waals surface area (Å²) >= 11 is 0. The van der Waals surface area contributed by atoms with Gasteiger partial charge in [-0.3, -0.25) is 4.79 Å². The largest absolute Gasteiger partial charge is 0.481 e. The fraction of sp³-hybridized carbons (Fsp3) is 0.929. The van der Waals surface area contributed by atoms with E-state index in [0.717, 1.165) is 31.2 Å². The number of unbranched alkanes of at least 4 members (excludes halogenated alkanes) is 3. The molecule has 1 aliphatic rings. The smallest absolute Gasteiger partial charge is 0.303 e. The molecule has 0 spiro atoms. The lowest BCUT2D eigenvalue weighted by molar-refractivity contribution is -0.137. The molecular weight excluding hydrogens is 214 g/mol. The zero-order chi connectivity index (χ0) is 12.5. The van der Waals surface area contributed by atoms with Crippen LogP contribution in [0.1, 0.15) is 64.2 Å². The van der Waals surface area contributed by atoms with Gasteiger partial charge in [0.15, 0.2) is 0 Å². The Morgan fingerprint density at radius 2 is 1.59 bits per heavy atom. The average Bonchev–Trinajstić information content (AvgIpc) is 2.34. The maximum atomic E-state index is 10.3. The van der Waals surface area contributed by atoms with Gasteiger partial charge in [-0.25, -0.2) is 0 Å². The number of hydrogen-bond donors (Lipinski definition) is 2. The molecule has 0 amide bonds. The van der Waals surface area contributed by atoms with Crippen molar-refractivity contribution in [2.45, 2.75) is 64.2 Å². The minimum atomic E-state index is -0.662. The van der Waals surface area contributed by atoms with Crippen LogP contribution in [0, 0.1) is 11.8 Å². The highest BCUT2D eigenvalue weighted by atomic mass is 16.4. The van der Waals surface area contributed by atoms with Crippen molar-refractivity contribution in [3.05, 3.63) is 0 Å². The van der Waals surface area contributed by atoms with Gasteiger partial charge in [0.1, 0.15) is 0 Å². The van der Waals surface area contributed by atoms with Gasteiger partial charge in [0.2, 0.25) is 0 Å². The molecule has 0 aliphatic heterocycles. The maximum absolute atomic E-state index is 10.3. The summed E-state index contributed by atoms with van der Waals surface area (Å²) in [5, 5.41) is 8.51. The van der Waals surface area contributed by atoms with Gasteiger partial charge >= 0.3 is 5.97 Å². The van der Waals surface area contributed by atoms with Crippen molar-refractivity contribution in [1.82, 2.24) is 0 Å². The second kappa shape index (κ2) is 8.51. The SMILES string of the molecule is NCC1CCC(CCCCCCC(=O)O)CC1. The minimum absolute atomic E-state index is 0.335. The molecule has 1 saturated carbocycles. The van der Waals surface area contributed by atoms with Crippen molar-refractivity contribution >= 4 is 5.97 Å². The first-order valence-corrected chi connectivity index (χ1v) is 7.14. The van der Waals surface area contributed by atoms with E-state index in [1.807, 2.05) is 0 Å². The molecule has 0 radical (unpaired) electrons. The molecule has 0 bridgehead atoms. The molecule has 0 saturated heterocycles. The first-order valence-electron chi connectivity index (χ1n) is 7.14. The topological polar surface area (TPSA) is 63.3 Å². The summed E-state index contributed by atoms with van der Waals surface area (Å²) in [6.07, 6.45) is 11.4. The Labute approximate surface area is 105 Å². The number of carboxylic acids is 1. The molecule has 1 fully saturated rings. The molecule has 0 heterocycles. The van der Waals surface area contributed by atoms with E-state index >= 15 is 0 Å². The third-order valence-corrected chi connectivity index (χ3v) is 4.05. The predicted octanol–water partition coefficient (Wildman–Crippen LogP) is 3.18. The molecule has 3 nitrogen and oxygen atoms in total. The Bertz CT molecular complexity index is 210. The average molecular weight is 241 g/mol. The van der Waals surface area contributed by atoms with E-state index in [2.05, 4.69) is 0 Å². The highest BCUT2D eigenvalue weighted by Gasteiger charge is 2.19. The quantitative estimate of drug-likeness (QED) is 0.641. The van der Waals surface area contributed by atoms with Gasteiger partial charge < -0.3 is 10.8 Å². The van der Waals surface area contributed by atoms with E-state index < -0.39 is 5.97 Å². The van der Waals surface area contributed by atoms with Crippen molar-refractivity contribution in [2.24, 2.45) is 17.6 Å². The number of nitrogens with two attached hydrogens (primary N) is 1. The minimum Gasteiger partial charge on any atom is -0.481 e. The molecular formula is C14H27NO2. The lowest BCUT2D eigenvalue weighted by Crippen LogP contribution is -2.21. The van der Waals surface area contributed by atoms with Gasteiger partial charge in [0.05, 0.1) is 0 Å². The standard InChI is InChI=1S/C14H27NO2/c15-11-13-9-7-12(8-10-13)5-3-1-2-4-6-14(16)17/h12-13H,1-11,15H2,(H,16,17). The van der Waals surface area contributed by atoms with Crippen LogP contribution >= 0.6 is 0 Å². The molecule has 100 valence electrons. The van der Waals surface area contributed by atoms with E-state index in [4.69, 9.17) is 10.8 Å². The summed E-state index contributed by atoms with van der Waals surface area (Å²) in [5.74, 6) is 1.03. The molecule has 0 atom stereocenters. The van der Waals surface area contributed by atoms with Crippen LogP contribution in [0.2, 0.25) is 0 Å². The second-order valence-corrected chi connectivity index (χ2v) is 5.47. The van der Waals surface area contributed by atoms with Gasteiger partial charge in [-0.15, -0.1) is 0 Å². The van der Waals surface area contributed by atoms with Crippen LogP contribution in [0.5, 0.6) is 0 Å². The summed E-state index contributed by atoms with van der Waals surface area (Å²) in [7, 11) is 0. The first-order chi connectivity index (χ1) is 8.22. The van der Waals surface area contributed by atoms with Crippen LogP contribution in [0.4, 0.5) is 0 Å². The normalized spacial score (nSPS) is 24.8. The van der Waals surface area contributed by atoms with Crippen LogP contribution in [0.3, 0.4) is 0 Å². The molecule has 0 unspecified atom stereocenters. The van der Waals surface area contributed by atoms with Crippen LogP contribution in [0.25, 0.3) is 0 Å². The highest BCUT2D eigenvalue weighted by Crippen LogP contribution is 2.31. The molecule has 3 N–H and O–H groups in total. The van der Waals surface area contributed by atoms with Crippen LogP contribution < -0.4 is 5.73 Å². The fourth-order valence-electron chi connectivity index (χ4n) is 2.82. The van der Waals surface area contributed by atoms with Gasteiger partial charge in [-0.2, -0.15) is 0 Å². The summed E-state index contributed by atoms with van der Waals surface area (Å²) in [6, 6.07) is 0. The lowest BCUT2D eigenvalue weighted by atomic mass is 9.80. The first kappa shape index (κ1) is 14.5. The van der Waals surface area contributed by atoms with E-state index in [9.17, 15) is 4.79 Å². The molecule has 0 aromatic heterocycles. The summed E-state index contributed by atoms with van der Waals surface area (Å²) in [5.41, 5.74) is 5.68. The Morgan fingerprint density at radius 3 is 2.18 bits per heavy atom. The molecule has 3 heteroatoms. The lowest BCUT2D eigenvalue weighted by Gasteiger charge is -2.27. The molecule has 1 aliphatic carbocycles. The van der Waals surface area contributed by atoms with Crippen molar-refractivity contribution in [1.29, 1.82) is 0 Å². The number of hydrogen-bond acceptors (Lipinski definition) is 2. The Morgan fingerprint density at radius 1 is 1.00 bits per heavy atom. The summed E-state index contributed by atoms with van der Waals surface area (Å²) in [4.78, 5) is 10.3. The van der Waals surface area contributed by atoms with E-state index in [0.29, 0.717) is 6.42 Å². The molecule has 0 aromatic rings. The van der Waals surface area contributed by atoms with E-state index in [1.54, 1.807) is 0 Å². The monoisotopic (exact) mass is 241 g/mol. The zero-order valence-electron chi connectivity index (χ0n) is 10.9. The summed E-state index contributed by atoms with van der Waals surface area (Å²) < 4.78 is 0. The summed E-state index contributed by atoms with van der Waals surface area (Å²) in [6.45, 7) is 0.863. The fourth-order valence-corrected chi connectivity index (χ4v) is 2.82. The Hall–Kier alpha value is -0.570. The number of aliphatic carboxylic acids is 1. The number of rotatable bonds is 8. The molecule has 17 heavy (non-hydrogen) atoms. The van der Waals surface area contributed by atoms with Crippen LogP contribution in [-0.4, -0.2) is 17.6 Å². The third-order valence-electron chi connectivity index (χ3n) is 4.05. The maximum Gasteiger partial charge on any atom is 0.303 e. The zero-order valence-corrected chi connectivity index (χ0v) is 10.9. The Kier molecular flexibility index (Phi) is 7.25. The number of carboxylic acid groups (broad SMARTS) is 1. The Balaban J connectivity index is 1.91. The molecule has 1 rings (SSSR count). The van der Waals surface area contributed by atoms with E-state index in [-0.39, 0.29) is 0 Å². The predicted molar refractivity (Wildman–Crippen MR) is 69.8 cm³/mol. The number of carbonyl (C=O) groups is 1. The van der Waals surface area contributed by atoms with Crippen LogP contribution in [-0.2, 0) is 4.79 Å². The van der Waals surface area contributed by atoms with Gasteiger partial charge in [0, 0.05) is 6.42 Å². The third kappa shape index (κ3) is 6.67. The van der Waals surface area contributed by atoms with Crippen LogP contribution in [0.15, 0.2) is 0 Å². The van der Waals surface area contributed by atoms with Gasteiger partial charge in [0.25, 0.3) is 0 Å². The van der Waals surface area contributed by atoms with Crippen molar-refractivity contribution in [2.75, 3.05) is 6.54 Å². The van der Waals surface area contributed by atoms with Crippen molar-refractivity contribution < 1.29 is 9.90 Å². The van der Waals surface area contributed by atoms with Gasteiger partial charge in [-0.1, -0.05) is 38.5 Å². The van der Waals surface area contributed by atoms with E-state index in [1.165, 1.54) is 44.9 Å². The highest BCUT2D eigenvalue weighted by molar-refractivity contribution is 5.66. The molecule has 0 aromatic carbocycles. The van der Waals surface area contributed by atoms with Crippen molar-refractivity contribution in [3.8, 4) is 0 Å². The second-order valence-electron chi connectivity index (χ2n) is 5.47.